The number of methoxy groups -OCH3 is 1. The van der Waals surface area contributed by atoms with Crippen LogP contribution in [0.2, 0.25) is 0 Å². The number of aryl methyl sites for hydroxylation is 1. The lowest BCUT2D eigenvalue weighted by Crippen LogP contribution is -2.14. The molecule has 0 aromatic heterocycles. The lowest BCUT2D eigenvalue weighted by atomic mass is 9.96. The highest BCUT2D eigenvalue weighted by atomic mass is 16.5. The van der Waals surface area contributed by atoms with E-state index in [2.05, 4.69) is 61.0 Å². The summed E-state index contributed by atoms with van der Waals surface area (Å²) in [6.45, 7) is 7.32. The van der Waals surface area contributed by atoms with Crippen molar-refractivity contribution in [2.24, 2.45) is 4.99 Å². The van der Waals surface area contributed by atoms with Gasteiger partial charge in [0, 0.05) is 19.7 Å². The van der Waals surface area contributed by atoms with Crippen LogP contribution in [-0.2, 0) is 6.42 Å². The number of rotatable bonds is 6. The molecule has 0 fully saturated rings. The monoisotopic (exact) mass is 310 g/mol. The van der Waals surface area contributed by atoms with E-state index in [4.69, 9.17) is 4.74 Å². The molecule has 2 aromatic carbocycles. The maximum atomic E-state index is 5.46. The lowest BCUT2D eigenvalue weighted by molar-refractivity contribution is 0.414. The average molecular weight is 310 g/mol. The summed E-state index contributed by atoms with van der Waals surface area (Å²) < 4.78 is 5.46. The van der Waals surface area contributed by atoms with Crippen molar-refractivity contribution in [3.05, 3.63) is 58.7 Å². The van der Waals surface area contributed by atoms with Gasteiger partial charge in [0.2, 0.25) is 0 Å². The minimum absolute atomic E-state index is 0.852. The van der Waals surface area contributed by atoms with Crippen molar-refractivity contribution in [2.75, 3.05) is 20.7 Å². The zero-order valence-corrected chi connectivity index (χ0v) is 14.8. The Morgan fingerprint density at radius 3 is 2.52 bits per heavy atom. The third-order valence-electron chi connectivity index (χ3n) is 4.23. The van der Waals surface area contributed by atoms with Crippen LogP contribution in [0.4, 0.5) is 5.69 Å². The Balaban J connectivity index is 2.39. The lowest BCUT2D eigenvalue weighted by Gasteiger charge is -2.14. The van der Waals surface area contributed by atoms with E-state index in [1.807, 2.05) is 19.5 Å². The second kappa shape index (κ2) is 7.82. The SMILES string of the molecule is CCN(C)/C=N/c1cc(OC)cc(Cc2ccccc2C)c1C. The molecule has 0 amide bonds. The molecule has 23 heavy (non-hydrogen) atoms. The third-order valence-corrected chi connectivity index (χ3v) is 4.23. The van der Waals surface area contributed by atoms with E-state index in [1.54, 1.807) is 7.11 Å². The number of benzene rings is 2. The van der Waals surface area contributed by atoms with Gasteiger partial charge in [0.05, 0.1) is 19.1 Å². The highest BCUT2D eigenvalue weighted by Gasteiger charge is 2.09. The summed E-state index contributed by atoms with van der Waals surface area (Å²) in [4.78, 5) is 6.69. The molecule has 0 unspecified atom stereocenters. The third kappa shape index (κ3) is 4.35. The van der Waals surface area contributed by atoms with Crippen LogP contribution in [-0.4, -0.2) is 31.9 Å². The fraction of sp³-hybridized carbons (Fsp3) is 0.350. The Labute approximate surface area is 139 Å². The van der Waals surface area contributed by atoms with Crippen molar-refractivity contribution < 1.29 is 4.74 Å². The Kier molecular flexibility index (Phi) is 5.80. The number of nitrogens with zero attached hydrogens (tertiary/aromatic N) is 2. The van der Waals surface area contributed by atoms with Gasteiger partial charge in [-0.2, -0.15) is 0 Å². The van der Waals surface area contributed by atoms with Crippen LogP contribution in [0.3, 0.4) is 0 Å². The normalized spacial score (nSPS) is 11.0. The van der Waals surface area contributed by atoms with Gasteiger partial charge in [0.25, 0.3) is 0 Å². The van der Waals surface area contributed by atoms with E-state index in [0.717, 1.165) is 24.4 Å². The van der Waals surface area contributed by atoms with Crippen molar-refractivity contribution in [3.8, 4) is 5.75 Å². The zero-order chi connectivity index (χ0) is 16.8. The summed E-state index contributed by atoms with van der Waals surface area (Å²) in [6.07, 6.45) is 2.77. The molecule has 0 aliphatic carbocycles. The van der Waals surface area contributed by atoms with Gasteiger partial charge in [-0.1, -0.05) is 24.3 Å². The van der Waals surface area contributed by atoms with Crippen molar-refractivity contribution in [1.29, 1.82) is 0 Å². The Hall–Kier alpha value is -2.29. The quantitative estimate of drug-likeness (QED) is 0.579. The molecule has 3 heteroatoms. The van der Waals surface area contributed by atoms with Crippen molar-refractivity contribution in [3.63, 3.8) is 0 Å². The van der Waals surface area contributed by atoms with E-state index in [9.17, 15) is 0 Å². The molecule has 3 nitrogen and oxygen atoms in total. The largest absolute Gasteiger partial charge is 0.497 e. The van der Waals surface area contributed by atoms with Crippen LogP contribution < -0.4 is 4.74 Å². The summed E-state index contributed by atoms with van der Waals surface area (Å²) in [5.41, 5.74) is 6.07. The van der Waals surface area contributed by atoms with Crippen LogP contribution in [0.25, 0.3) is 0 Å². The molecule has 0 aliphatic rings. The predicted molar refractivity (Wildman–Crippen MR) is 98.2 cm³/mol. The molecule has 2 aromatic rings. The highest BCUT2D eigenvalue weighted by Crippen LogP contribution is 2.30. The van der Waals surface area contributed by atoms with Gasteiger partial charge in [-0.25, -0.2) is 4.99 Å². The van der Waals surface area contributed by atoms with Crippen LogP contribution in [0, 0.1) is 13.8 Å². The van der Waals surface area contributed by atoms with Crippen molar-refractivity contribution in [2.45, 2.75) is 27.2 Å². The Morgan fingerprint density at radius 2 is 1.87 bits per heavy atom. The van der Waals surface area contributed by atoms with Crippen LogP contribution >= 0.6 is 0 Å². The summed E-state index contributed by atoms with van der Waals surface area (Å²) in [6, 6.07) is 12.6. The molecule has 0 saturated carbocycles. The maximum absolute atomic E-state index is 5.46. The number of ether oxygens (including phenoxy) is 1. The Bertz CT molecular complexity index is 692. The van der Waals surface area contributed by atoms with Crippen LogP contribution in [0.5, 0.6) is 5.75 Å². The predicted octanol–water partition coefficient (Wildman–Crippen LogP) is 4.51. The molecule has 0 atom stereocenters. The molecule has 0 N–H and O–H groups in total. The molecule has 0 saturated heterocycles. The molecule has 0 spiro atoms. The first-order valence-electron chi connectivity index (χ1n) is 8.01. The molecule has 2 rings (SSSR count). The fourth-order valence-corrected chi connectivity index (χ4v) is 2.42. The molecule has 0 bridgehead atoms. The van der Waals surface area contributed by atoms with Crippen molar-refractivity contribution >= 4 is 12.0 Å². The molecule has 0 aliphatic heterocycles. The van der Waals surface area contributed by atoms with E-state index in [-0.39, 0.29) is 0 Å². The highest BCUT2D eigenvalue weighted by molar-refractivity contribution is 5.65. The molecule has 0 radical (unpaired) electrons. The van der Waals surface area contributed by atoms with E-state index < -0.39 is 0 Å². The first-order chi connectivity index (χ1) is 11.0. The standard InChI is InChI=1S/C20H26N2O/c1-6-22(4)14-21-20-13-19(23-5)12-18(16(20)3)11-17-10-8-7-9-15(17)2/h7-10,12-14H,6,11H2,1-5H3/b21-14+. The van der Waals surface area contributed by atoms with Crippen LogP contribution in [0.15, 0.2) is 41.4 Å². The molecular weight excluding hydrogens is 284 g/mol. The second-order valence-corrected chi connectivity index (χ2v) is 5.85. The zero-order valence-electron chi connectivity index (χ0n) is 14.8. The Morgan fingerprint density at radius 1 is 1.13 bits per heavy atom. The topological polar surface area (TPSA) is 24.8 Å². The maximum Gasteiger partial charge on any atom is 0.121 e. The van der Waals surface area contributed by atoms with Gasteiger partial charge in [-0.15, -0.1) is 0 Å². The molecule has 122 valence electrons. The van der Waals surface area contributed by atoms with Crippen LogP contribution in [0.1, 0.15) is 29.2 Å². The summed E-state index contributed by atoms with van der Waals surface area (Å²) >= 11 is 0. The first-order valence-corrected chi connectivity index (χ1v) is 8.01. The number of hydrogen-bond donors (Lipinski definition) is 0. The van der Waals surface area contributed by atoms with Crippen molar-refractivity contribution in [1.82, 2.24) is 4.90 Å². The van der Waals surface area contributed by atoms with E-state index >= 15 is 0 Å². The second-order valence-electron chi connectivity index (χ2n) is 5.85. The summed E-state index contributed by atoms with van der Waals surface area (Å²) in [7, 11) is 3.72. The average Bonchev–Trinajstić information content (AvgIpc) is 2.57. The summed E-state index contributed by atoms with van der Waals surface area (Å²) in [5.74, 6) is 0.852. The number of hydrogen-bond acceptors (Lipinski definition) is 2. The van der Waals surface area contributed by atoms with Gasteiger partial charge in [-0.05, 0) is 55.5 Å². The smallest absolute Gasteiger partial charge is 0.121 e. The molecular formula is C20H26N2O. The van der Waals surface area contributed by atoms with E-state index in [1.165, 1.54) is 22.3 Å². The summed E-state index contributed by atoms with van der Waals surface area (Å²) in [5, 5.41) is 0. The fourth-order valence-electron chi connectivity index (χ4n) is 2.42. The van der Waals surface area contributed by atoms with E-state index in [0.29, 0.717) is 0 Å². The van der Waals surface area contributed by atoms with Gasteiger partial charge in [-0.3, -0.25) is 0 Å². The minimum atomic E-state index is 0.852. The number of aliphatic imine (C=N–C) groups is 1. The van der Waals surface area contributed by atoms with Gasteiger partial charge < -0.3 is 9.64 Å². The van der Waals surface area contributed by atoms with Gasteiger partial charge in [0.1, 0.15) is 5.75 Å². The van der Waals surface area contributed by atoms with Gasteiger partial charge >= 0.3 is 0 Å². The van der Waals surface area contributed by atoms with Gasteiger partial charge in [0.15, 0.2) is 0 Å². The molecule has 0 heterocycles. The minimum Gasteiger partial charge on any atom is -0.497 e. The first kappa shape index (κ1) is 17.1.